The molecule has 0 saturated heterocycles. The van der Waals surface area contributed by atoms with Crippen molar-refractivity contribution in [2.45, 2.75) is 19.9 Å². The molecule has 3 aromatic rings. The normalized spacial score (nSPS) is 10.6. The van der Waals surface area contributed by atoms with E-state index in [0.717, 1.165) is 12.1 Å². The Bertz CT molecular complexity index is 928. The molecule has 1 N–H and O–H groups in total. The molecule has 0 atom stereocenters. The number of benzene rings is 1. The van der Waals surface area contributed by atoms with Crippen molar-refractivity contribution >= 4 is 5.91 Å². The zero-order valence-electron chi connectivity index (χ0n) is 13.8. The van der Waals surface area contributed by atoms with E-state index < -0.39 is 11.6 Å². The number of rotatable bonds is 6. The molecule has 2 heterocycles. The quantitative estimate of drug-likeness (QED) is 0.727. The number of carbonyl (C=O) groups is 1. The van der Waals surface area contributed by atoms with Crippen LogP contribution in [-0.2, 0) is 13.0 Å². The lowest BCUT2D eigenvalue weighted by Crippen LogP contribution is -2.23. The van der Waals surface area contributed by atoms with E-state index in [1.165, 1.54) is 18.5 Å². The Kier molecular flexibility index (Phi) is 5.21. The lowest BCUT2D eigenvalue weighted by Gasteiger charge is -2.11. The summed E-state index contributed by atoms with van der Waals surface area (Å²) < 4.78 is 37.2. The van der Waals surface area contributed by atoms with Crippen LogP contribution in [0.1, 0.15) is 28.6 Å². The standard InChI is InChI=1S/C18H15F2N3O3/c1-2-15-13(10-23-26-15)17(24)22-9-11-4-3-7-21-18(11)25-16-6-5-12(19)8-14(16)20/h3-8,10H,2,9H2,1H3,(H,22,24). The average Bonchev–Trinajstić information content (AvgIpc) is 3.12. The predicted octanol–water partition coefficient (Wildman–Crippen LogP) is 3.63. The summed E-state index contributed by atoms with van der Waals surface area (Å²) in [5.74, 6) is -1.47. The molecule has 0 saturated carbocycles. The van der Waals surface area contributed by atoms with Gasteiger partial charge in [-0.2, -0.15) is 0 Å². The minimum Gasteiger partial charge on any atom is -0.436 e. The van der Waals surface area contributed by atoms with Crippen molar-refractivity contribution in [2.75, 3.05) is 0 Å². The van der Waals surface area contributed by atoms with E-state index in [1.807, 2.05) is 6.92 Å². The summed E-state index contributed by atoms with van der Waals surface area (Å²) in [6, 6.07) is 6.32. The molecule has 0 aliphatic rings. The molecule has 2 aromatic heterocycles. The minimum atomic E-state index is -0.845. The lowest BCUT2D eigenvalue weighted by atomic mass is 10.2. The van der Waals surface area contributed by atoms with E-state index in [1.54, 1.807) is 12.1 Å². The van der Waals surface area contributed by atoms with Crippen molar-refractivity contribution in [3.8, 4) is 11.6 Å². The number of amides is 1. The number of nitrogens with one attached hydrogen (secondary N) is 1. The first-order valence-corrected chi connectivity index (χ1v) is 7.87. The highest BCUT2D eigenvalue weighted by Crippen LogP contribution is 2.26. The Hall–Kier alpha value is -3.29. The summed E-state index contributed by atoms with van der Waals surface area (Å²) >= 11 is 0. The monoisotopic (exact) mass is 359 g/mol. The van der Waals surface area contributed by atoms with Crippen LogP contribution in [0.25, 0.3) is 0 Å². The summed E-state index contributed by atoms with van der Waals surface area (Å²) in [4.78, 5) is 16.3. The number of aryl methyl sites for hydroxylation is 1. The molecule has 0 radical (unpaired) electrons. The van der Waals surface area contributed by atoms with Gasteiger partial charge in [-0.05, 0) is 18.2 Å². The number of ether oxygens (including phenoxy) is 1. The fraction of sp³-hybridized carbons (Fsp3) is 0.167. The van der Waals surface area contributed by atoms with Crippen molar-refractivity contribution in [3.05, 3.63) is 71.2 Å². The van der Waals surface area contributed by atoms with Crippen molar-refractivity contribution < 1.29 is 22.8 Å². The van der Waals surface area contributed by atoms with Gasteiger partial charge in [0, 0.05) is 30.8 Å². The van der Waals surface area contributed by atoms with Gasteiger partial charge in [-0.3, -0.25) is 4.79 Å². The smallest absolute Gasteiger partial charge is 0.256 e. The maximum Gasteiger partial charge on any atom is 0.256 e. The van der Waals surface area contributed by atoms with E-state index in [4.69, 9.17) is 9.26 Å². The SMILES string of the molecule is CCc1oncc1C(=O)NCc1cccnc1Oc1ccc(F)cc1F. The highest BCUT2D eigenvalue weighted by molar-refractivity contribution is 5.94. The van der Waals surface area contributed by atoms with Gasteiger partial charge in [0.05, 0.1) is 6.20 Å². The van der Waals surface area contributed by atoms with E-state index in [0.29, 0.717) is 23.3 Å². The summed E-state index contributed by atoms with van der Waals surface area (Å²) in [5.41, 5.74) is 0.877. The van der Waals surface area contributed by atoms with Crippen LogP contribution in [0.4, 0.5) is 8.78 Å². The van der Waals surface area contributed by atoms with Gasteiger partial charge in [-0.15, -0.1) is 0 Å². The third-order valence-corrected chi connectivity index (χ3v) is 3.60. The van der Waals surface area contributed by atoms with Crippen molar-refractivity contribution in [1.29, 1.82) is 0 Å². The van der Waals surface area contributed by atoms with Crippen molar-refractivity contribution in [1.82, 2.24) is 15.5 Å². The van der Waals surface area contributed by atoms with Crippen LogP contribution in [0, 0.1) is 11.6 Å². The van der Waals surface area contributed by atoms with Crippen LogP contribution in [0.15, 0.2) is 47.2 Å². The molecular formula is C18H15F2N3O3. The largest absolute Gasteiger partial charge is 0.436 e. The fourth-order valence-corrected chi connectivity index (χ4v) is 2.29. The van der Waals surface area contributed by atoms with Crippen LogP contribution in [0.5, 0.6) is 11.6 Å². The number of nitrogens with zero attached hydrogens (tertiary/aromatic N) is 2. The molecule has 134 valence electrons. The molecule has 0 aliphatic carbocycles. The Morgan fingerprint density at radius 2 is 2.15 bits per heavy atom. The number of hydrogen-bond acceptors (Lipinski definition) is 5. The van der Waals surface area contributed by atoms with Crippen LogP contribution in [-0.4, -0.2) is 16.0 Å². The van der Waals surface area contributed by atoms with Gasteiger partial charge in [0.15, 0.2) is 11.6 Å². The fourth-order valence-electron chi connectivity index (χ4n) is 2.29. The zero-order chi connectivity index (χ0) is 18.5. The van der Waals surface area contributed by atoms with Gasteiger partial charge in [0.2, 0.25) is 5.88 Å². The molecule has 0 unspecified atom stereocenters. The van der Waals surface area contributed by atoms with Gasteiger partial charge in [0.25, 0.3) is 5.91 Å². The maximum absolute atomic E-state index is 13.8. The molecular weight excluding hydrogens is 344 g/mol. The summed E-state index contributed by atoms with van der Waals surface area (Å²) in [7, 11) is 0. The van der Waals surface area contributed by atoms with Gasteiger partial charge in [-0.25, -0.2) is 13.8 Å². The van der Waals surface area contributed by atoms with Crippen LogP contribution in [0.2, 0.25) is 0 Å². The number of pyridine rings is 1. The van der Waals surface area contributed by atoms with E-state index in [-0.39, 0.29) is 24.1 Å². The maximum atomic E-state index is 13.8. The summed E-state index contributed by atoms with van der Waals surface area (Å²) in [6.45, 7) is 1.95. The zero-order valence-corrected chi connectivity index (χ0v) is 13.8. The Balaban J connectivity index is 1.74. The number of hydrogen-bond donors (Lipinski definition) is 1. The van der Waals surface area contributed by atoms with Crippen molar-refractivity contribution in [2.24, 2.45) is 0 Å². The van der Waals surface area contributed by atoms with E-state index in [2.05, 4.69) is 15.5 Å². The second kappa shape index (κ2) is 7.73. The van der Waals surface area contributed by atoms with E-state index in [9.17, 15) is 13.6 Å². The third-order valence-electron chi connectivity index (χ3n) is 3.60. The second-order valence-corrected chi connectivity index (χ2v) is 5.34. The third kappa shape index (κ3) is 3.85. The molecule has 0 aliphatic heterocycles. The van der Waals surface area contributed by atoms with Crippen molar-refractivity contribution in [3.63, 3.8) is 0 Å². The molecule has 3 rings (SSSR count). The Morgan fingerprint density at radius 1 is 1.31 bits per heavy atom. The highest BCUT2D eigenvalue weighted by Gasteiger charge is 2.16. The van der Waals surface area contributed by atoms with Crippen LogP contribution in [0.3, 0.4) is 0 Å². The molecule has 1 amide bonds. The van der Waals surface area contributed by atoms with Gasteiger partial charge >= 0.3 is 0 Å². The van der Waals surface area contributed by atoms with Crippen LogP contribution >= 0.6 is 0 Å². The van der Waals surface area contributed by atoms with Crippen LogP contribution < -0.4 is 10.1 Å². The number of halogens is 2. The first kappa shape index (κ1) is 17.5. The Labute approximate surface area is 147 Å². The first-order valence-electron chi connectivity index (χ1n) is 7.87. The van der Waals surface area contributed by atoms with Gasteiger partial charge < -0.3 is 14.6 Å². The van der Waals surface area contributed by atoms with Gasteiger partial charge in [-0.1, -0.05) is 18.1 Å². The summed E-state index contributed by atoms with van der Waals surface area (Å²) in [5, 5.41) is 6.33. The Morgan fingerprint density at radius 3 is 2.92 bits per heavy atom. The molecule has 0 fully saturated rings. The molecule has 6 nitrogen and oxygen atoms in total. The molecule has 0 bridgehead atoms. The molecule has 0 spiro atoms. The average molecular weight is 359 g/mol. The summed E-state index contributed by atoms with van der Waals surface area (Å²) in [6.07, 6.45) is 3.35. The predicted molar refractivity (Wildman–Crippen MR) is 87.7 cm³/mol. The molecule has 1 aromatic carbocycles. The minimum absolute atomic E-state index is 0.0964. The highest BCUT2D eigenvalue weighted by atomic mass is 19.1. The number of carbonyl (C=O) groups excluding carboxylic acids is 1. The van der Waals surface area contributed by atoms with E-state index >= 15 is 0 Å². The second-order valence-electron chi connectivity index (χ2n) is 5.34. The van der Waals surface area contributed by atoms with Gasteiger partial charge in [0.1, 0.15) is 17.1 Å². The first-order chi connectivity index (χ1) is 12.6. The number of aromatic nitrogens is 2. The lowest BCUT2D eigenvalue weighted by molar-refractivity contribution is 0.0948. The topological polar surface area (TPSA) is 77.3 Å². The molecule has 26 heavy (non-hydrogen) atoms. The molecule has 8 heteroatoms.